The van der Waals surface area contributed by atoms with Crippen LogP contribution in [0.15, 0.2) is 30.4 Å². The second kappa shape index (κ2) is 6.95. The number of carbonyl (C=O) groups is 1. The summed E-state index contributed by atoms with van der Waals surface area (Å²) in [6.45, 7) is 3.64. The van der Waals surface area contributed by atoms with Crippen LogP contribution in [0.2, 0.25) is 0 Å². The van der Waals surface area contributed by atoms with Crippen molar-refractivity contribution in [3.05, 3.63) is 41.5 Å². The van der Waals surface area contributed by atoms with Gasteiger partial charge in [0, 0.05) is 17.6 Å². The van der Waals surface area contributed by atoms with Gasteiger partial charge in [-0.1, -0.05) is 23.8 Å². The number of rotatable bonds is 5. The first-order valence-corrected chi connectivity index (χ1v) is 6.08. The summed E-state index contributed by atoms with van der Waals surface area (Å²) >= 11 is 0. The zero-order valence-corrected chi connectivity index (χ0v) is 11.7. The van der Waals surface area contributed by atoms with Crippen molar-refractivity contribution < 1.29 is 19.4 Å². The van der Waals surface area contributed by atoms with Gasteiger partial charge in [0.2, 0.25) is 0 Å². The van der Waals surface area contributed by atoms with Gasteiger partial charge in [-0.15, -0.1) is 0 Å². The second-order valence-corrected chi connectivity index (χ2v) is 4.39. The molecule has 0 aliphatic carbocycles. The Kier molecular flexibility index (Phi) is 5.57. The lowest BCUT2D eigenvalue weighted by Gasteiger charge is -2.19. The maximum Gasteiger partial charge on any atom is 0.330 e. The lowest BCUT2D eigenvalue weighted by Crippen LogP contribution is -2.14. The van der Waals surface area contributed by atoms with Crippen LogP contribution in [-0.4, -0.2) is 31.4 Å². The molecule has 0 bridgehead atoms. The van der Waals surface area contributed by atoms with E-state index in [9.17, 15) is 9.90 Å². The number of esters is 1. The average Bonchev–Trinajstić information content (AvgIpc) is 2.38. The van der Waals surface area contributed by atoms with Gasteiger partial charge >= 0.3 is 5.97 Å². The fourth-order valence-electron chi connectivity index (χ4n) is 1.89. The molecule has 4 nitrogen and oxygen atoms in total. The highest BCUT2D eigenvalue weighted by Crippen LogP contribution is 2.31. The molecular formula is C15H20O4. The summed E-state index contributed by atoms with van der Waals surface area (Å²) in [5.74, 6) is -0.0859. The highest BCUT2D eigenvalue weighted by Gasteiger charge is 2.19. The van der Waals surface area contributed by atoms with Crippen molar-refractivity contribution in [2.45, 2.75) is 25.9 Å². The Bertz CT molecular complexity index is 463. The molecule has 2 atom stereocenters. The van der Waals surface area contributed by atoms with Crippen LogP contribution in [-0.2, 0) is 9.53 Å². The lowest BCUT2D eigenvalue weighted by molar-refractivity contribution is -0.134. The molecule has 0 amide bonds. The van der Waals surface area contributed by atoms with E-state index in [0.717, 1.165) is 11.1 Å². The van der Waals surface area contributed by atoms with Crippen LogP contribution in [0.1, 0.15) is 24.0 Å². The molecule has 0 aliphatic rings. The third-order valence-electron chi connectivity index (χ3n) is 2.90. The maximum atomic E-state index is 11.2. The third kappa shape index (κ3) is 4.10. The summed E-state index contributed by atoms with van der Waals surface area (Å²) in [6, 6.07) is 5.73. The van der Waals surface area contributed by atoms with Crippen molar-refractivity contribution in [1.82, 2.24) is 0 Å². The number of ether oxygens (including phenoxy) is 2. The number of methoxy groups -OCH3 is 2. The minimum Gasteiger partial charge on any atom is -0.496 e. The average molecular weight is 264 g/mol. The summed E-state index contributed by atoms with van der Waals surface area (Å²) in [6.07, 6.45) is 2.31. The van der Waals surface area contributed by atoms with Crippen molar-refractivity contribution in [2.24, 2.45) is 0 Å². The van der Waals surface area contributed by atoms with E-state index in [-0.39, 0.29) is 5.92 Å². The van der Waals surface area contributed by atoms with Gasteiger partial charge < -0.3 is 14.6 Å². The summed E-state index contributed by atoms with van der Waals surface area (Å²) in [7, 11) is 2.90. The SMILES string of the molecule is COC(=O)/C=C/[C@@H](c1cc(C)ccc1OC)[C@@H](C)O. The number of aliphatic hydroxyl groups excluding tert-OH is 1. The van der Waals surface area contributed by atoms with Gasteiger partial charge in [0.1, 0.15) is 5.75 Å². The fraction of sp³-hybridized carbons (Fsp3) is 0.400. The van der Waals surface area contributed by atoms with Crippen LogP contribution in [0, 0.1) is 6.92 Å². The molecule has 1 aromatic carbocycles. The van der Waals surface area contributed by atoms with Crippen LogP contribution in [0.25, 0.3) is 0 Å². The third-order valence-corrected chi connectivity index (χ3v) is 2.90. The molecule has 4 heteroatoms. The molecule has 0 saturated carbocycles. The van der Waals surface area contributed by atoms with Gasteiger partial charge in [-0.3, -0.25) is 0 Å². The fourth-order valence-corrected chi connectivity index (χ4v) is 1.89. The molecule has 1 aromatic rings. The van der Waals surface area contributed by atoms with E-state index in [2.05, 4.69) is 4.74 Å². The van der Waals surface area contributed by atoms with Gasteiger partial charge in [-0.25, -0.2) is 4.79 Å². The van der Waals surface area contributed by atoms with Crippen molar-refractivity contribution in [3.8, 4) is 5.75 Å². The smallest absolute Gasteiger partial charge is 0.330 e. The largest absolute Gasteiger partial charge is 0.496 e. The van der Waals surface area contributed by atoms with E-state index in [1.54, 1.807) is 20.1 Å². The van der Waals surface area contributed by atoms with E-state index in [0.29, 0.717) is 5.75 Å². The molecule has 0 saturated heterocycles. The van der Waals surface area contributed by atoms with Crippen LogP contribution < -0.4 is 4.74 Å². The maximum absolute atomic E-state index is 11.2. The molecule has 0 aromatic heterocycles. The van der Waals surface area contributed by atoms with Crippen molar-refractivity contribution in [3.63, 3.8) is 0 Å². The van der Waals surface area contributed by atoms with E-state index >= 15 is 0 Å². The molecule has 1 rings (SSSR count). The Morgan fingerprint density at radius 2 is 2.05 bits per heavy atom. The number of aryl methyl sites for hydroxylation is 1. The van der Waals surface area contributed by atoms with Crippen LogP contribution in [0.5, 0.6) is 5.75 Å². The topological polar surface area (TPSA) is 55.8 Å². The lowest BCUT2D eigenvalue weighted by atomic mass is 9.91. The van der Waals surface area contributed by atoms with Crippen molar-refractivity contribution in [2.75, 3.05) is 14.2 Å². The summed E-state index contributed by atoms with van der Waals surface area (Å²) < 4.78 is 9.86. The minimum absolute atomic E-state index is 0.325. The molecule has 0 spiro atoms. The minimum atomic E-state index is -0.642. The molecule has 104 valence electrons. The Balaban J connectivity index is 3.15. The molecule has 0 aliphatic heterocycles. The quantitative estimate of drug-likeness (QED) is 0.654. The molecular weight excluding hydrogens is 244 g/mol. The van der Waals surface area contributed by atoms with Gasteiger partial charge in [0.05, 0.1) is 20.3 Å². The monoisotopic (exact) mass is 264 g/mol. The molecule has 0 radical (unpaired) electrons. The van der Waals surface area contributed by atoms with E-state index in [1.165, 1.54) is 13.2 Å². The standard InChI is InChI=1S/C15H20O4/c1-10-5-7-14(18-3)13(9-10)12(11(2)16)6-8-15(17)19-4/h5-9,11-12,16H,1-4H3/b8-6+/t11-,12-/m1/s1. The molecule has 0 unspecified atom stereocenters. The van der Waals surface area contributed by atoms with Gasteiger partial charge in [-0.2, -0.15) is 0 Å². The summed E-state index contributed by atoms with van der Waals surface area (Å²) in [5.41, 5.74) is 1.91. The summed E-state index contributed by atoms with van der Waals surface area (Å²) in [5, 5.41) is 9.90. The van der Waals surface area contributed by atoms with Crippen molar-refractivity contribution >= 4 is 5.97 Å². The predicted octanol–water partition coefficient (Wildman–Crippen LogP) is 2.20. The predicted molar refractivity (Wildman–Crippen MR) is 73.3 cm³/mol. The zero-order valence-electron chi connectivity index (χ0n) is 11.7. The highest BCUT2D eigenvalue weighted by atomic mass is 16.5. The van der Waals surface area contributed by atoms with Gasteiger partial charge in [-0.05, 0) is 19.9 Å². The number of hydrogen-bond donors (Lipinski definition) is 1. The molecule has 0 fully saturated rings. The van der Waals surface area contributed by atoms with Gasteiger partial charge in [0.25, 0.3) is 0 Å². The molecule has 0 heterocycles. The number of hydrogen-bond acceptors (Lipinski definition) is 4. The Hall–Kier alpha value is -1.81. The van der Waals surface area contributed by atoms with Crippen molar-refractivity contribution in [1.29, 1.82) is 0 Å². The summed E-state index contributed by atoms with van der Waals surface area (Å²) in [4.78, 5) is 11.2. The number of benzene rings is 1. The zero-order chi connectivity index (χ0) is 14.4. The first-order valence-electron chi connectivity index (χ1n) is 6.08. The first kappa shape index (κ1) is 15.2. The highest BCUT2D eigenvalue weighted by molar-refractivity contribution is 5.82. The van der Waals surface area contributed by atoms with Crippen LogP contribution in [0.4, 0.5) is 0 Å². The second-order valence-electron chi connectivity index (χ2n) is 4.39. The molecule has 19 heavy (non-hydrogen) atoms. The Labute approximate surface area is 113 Å². The van der Waals surface area contributed by atoms with E-state index in [4.69, 9.17) is 4.74 Å². The normalized spacial score (nSPS) is 14.2. The number of carbonyl (C=O) groups excluding carboxylic acids is 1. The van der Waals surface area contributed by atoms with Crippen LogP contribution >= 0.6 is 0 Å². The first-order chi connectivity index (χ1) is 8.99. The van der Waals surface area contributed by atoms with Gasteiger partial charge in [0.15, 0.2) is 0 Å². The van der Waals surface area contributed by atoms with E-state index in [1.807, 2.05) is 25.1 Å². The Morgan fingerprint density at radius 3 is 2.58 bits per heavy atom. The van der Waals surface area contributed by atoms with E-state index < -0.39 is 12.1 Å². The number of aliphatic hydroxyl groups is 1. The Morgan fingerprint density at radius 1 is 1.37 bits per heavy atom. The molecule has 1 N–H and O–H groups in total. The van der Waals surface area contributed by atoms with Crippen LogP contribution in [0.3, 0.4) is 0 Å².